The van der Waals surface area contributed by atoms with E-state index in [1.807, 2.05) is 0 Å². The monoisotopic (exact) mass is 459 g/mol. The van der Waals surface area contributed by atoms with Gasteiger partial charge in [0.25, 0.3) is 5.56 Å². The SMILES string of the molecule is COc1cccc(-c2c(C)c(Cc3c(F)cccc3F)c3n(c2=O)C(C(C)=O)CS3)c1F. The predicted molar refractivity (Wildman–Crippen MR) is 117 cm³/mol. The second kappa shape index (κ2) is 8.50. The Balaban J connectivity index is 2.05. The molecule has 0 saturated heterocycles. The van der Waals surface area contributed by atoms with Crippen molar-refractivity contribution in [1.82, 2.24) is 4.57 Å². The summed E-state index contributed by atoms with van der Waals surface area (Å²) in [5, 5.41) is 0.474. The van der Waals surface area contributed by atoms with Gasteiger partial charge in [-0.3, -0.25) is 14.2 Å². The summed E-state index contributed by atoms with van der Waals surface area (Å²) in [6, 6.07) is 7.31. The van der Waals surface area contributed by atoms with Gasteiger partial charge in [-0.1, -0.05) is 18.2 Å². The van der Waals surface area contributed by atoms with Crippen molar-refractivity contribution in [3.8, 4) is 16.9 Å². The molecule has 0 spiro atoms. The third-order valence-electron chi connectivity index (χ3n) is 5.76. The first-order valence-electron chi connectivity index (χ1n) is 9.93. The van der Waals surface area contributed by atoms with Crippen LogP contribution in [0, 0.1) is 24.4 Å². The number of Topliss-reactive ketones (excluding diaryl/α,β-unsaturated/α-hetero) is 1. The van der Waals surface area contributed by atoms with Crippen LogP contribution in [0.25, 0.3) is 11.1 Å². The van der Waals surface area contributed by atoms with E-state index in [1.54, 1.807) is 13.0 Å². The van der Waals surface area contributed by atoms with E-state index in [-0.39, 0.29) is 34.6 Å². The molecule has 0 fully saturated rings. The smallest absolute Gasteiger partial charge is 0.260 e. The summed E-state index contributed by atoms with van der Waals surface area (Å²) in [5.74, 6) is -2.08. The first-order valence-corrected chi connectivity index (χ1v) is 10.9. The van der Waals surface area contributed by atoms with Crippen LogP contribution in [0.4, 0.5) is 13.2 Å². The Bertz CT molecular complexity index is 1280. The van der Waals surface area contributed by atoms with Gasteiger partial charge in [0.05, 0.1) is 17.7 Å². The van der Waals surface area contributed by atoms with Gasteiger partial charge in [-0.2, -0.15) is 0 Å². The minimum Gasteiger partial charge on any atom is -0.494 e. The predicted octanol–water partition coefficient (Wildman–Crippen LogP) is 5.08. The topological polar surface area (TPSA) is 48.3 Å². The Labute approximate surface area is 187 Å². The maximum absolute atomic E-state index is 15.1. The number of benzene rings is 2. The van der Waals surface area contributed by atoms with Gasteiger partial charge in [0.1, 0.15) is 17.7 Å². The fourth-order valence-corrected chi connectivity index (χ4v) is 5.51. The fraction of sp³-hybridized carbons (Fsp3) is 0.250. The van der Waals surface area contributed by atoms with Crippen LogP contribution in [0.5, 0.6) is 5.75 Å². The number of ketones is 1. The van der Waals surface area contributed by atoms with Gasteiger partial charge in [0.2, 0.25) is 0 Å². The van der Waals surface area contributed by atoms with Crippen LogP contribution in [0.3, 0.4) is 0 Å². The Hall–Kier alpha value is -3.00. The maximum atomic E-state index is 15.1. The van der Waals surface area contributed by atoms with E-state index in [4.69, 9.17) is 4.74 Å². The summed E-state index contributed by atoms with van der Waals surface area (Å²) in [7, 11) is 1.32. The van der Waals surface area contributed by atoms with Crippen molar-refractivity contribution in [3.63, 3.8) is 0 Å². The highest BCUT2D eigenvalue weighted by atomic mass is 32.2. The molecule has 32 heavy (non-hydrogen) atoms. The summed E-state index contributed by atoms with van der Waals surface area (Å²) >= 11 is 1.28. The molecule has 4 nitrogen and oxygen atoms in total. The lowest BCUT2D eigenvalue weighted by Crippen LogP contribution is -2.30. The summed E-state index contributed by atoms with van der Waals surface area (Å²) in [4.78, 5) is 25.8. The second-order valence-corrected chi connectivity index (χ2v) is 8.60. The Morgan fingerprint density at radius 1 is 1.12 bits per heavy atom. The second-order valence-electron chi connectivity index (χ2n) is 7.60. The van der Waals surface area contributed by atoms with Crippen molar-refractivity contribution in [2.45, 2.75) is 31.3 Å². The molecule has 0 aliphatic carbocycles. The molecule has 8 heteroatoms. The first-order chi connectivity index (χ1) is 15.3. The van der Waals surface area contributed by atoms with E-state index in [0.29, 0.717) is 21.9 Å². The molecule has 3 aromatic rings. The van der Waals surface area contributed by atoms with Crippen molar-refractivity contribution < 1.29 is 22.7 Å². The van der Waals surface area contributed by atoms with E-state index in [1.165, 1.54) is 48.6 Å². The Morgan fingerprint density at radius 2 is 1.78 bits per heavy atom. The number of pyridine rings is 1. The van der Waals surface area contributed by atoms with Crippen molar-refractivity contribution in [2.75, 3.05) is 12.9 Å². The van der Waals surface area contributed by atoms with Gasteiger partial charge in [-0.25, -0.2) is 13.2 Å². The lowest BCUT2D eigenvalue weighted by Gasteiger charge is -2.20. The molecule has 1 atom stereocenters. The molecule has 0 radical (unpaired) electrons. The fourth-order valence-electron chi connectivity index (χ4n) is 4.07. The van der Waals surface area contributed by atoms with E-state index in [0.717, 1.165) is 12.1 Å². The van der Waals surface area contributed by atoms with Crippen LogP contribution in [0.1, 0.15) is 29.7 Å². The standard InChI is InChI=1S/C24H20F3NO3S/c1-12-15(10-16-17(25)7-5-8-18(16)26)24-28(19(11-32-24)13(2)29)23(30)21(12)14-6-4-9-20(31-3)22(14)27/h4-9,19H,10-11H2,1-3H3. The summed E-state index contributed by atoms with van der Waals surface area (Å²) in [5.41, 5.74) is 0.281. The molecule has 0 amide bonds. The molecule has 1 aromatic heterocycles. The lowest BCUT2D eigenvalue weighted by atomic mass is 9.93. The third kappa shape index (κ3) is 3.52. The molecule has 4 rings (SSSR count). The van der Waals surface area contributed by atoms with Crippen LogP contribution in [0.15, 0.2) is 46.2 Å². The highest BCUT2D eigenvalue weighted by Crippen LogP contribution is 2.41. The number of hydrogen-bond acceptors (Lipinski definition) is 4. The summed E-state index contributed by atoms with van der Waals surface area (Å²) < 4.78 is 50.4. The molecule has 166 valence electrons. The number of ether oxygens (including phenoxy) is 1. The van der Waals surface area contributed by atoms with Gasteiger partial charge in [0.15, 0.2) is 17.3 Å². The molecule has 1 unspecified atom stereocenters. The molecule has 1 aliphatic rings. The number of nitrogens with zero attached hydrogens (tertiary/aromatic N) is 1. The maximum Gasteiger partial charge on any atom is 0.260 e. The number of rotatable bonds is 5. The van der Waals surface area contributed by atoms with Crippen molar-refractivity contribution in [3.05, 3.63) is 80.9 Å². The molecule has 2 heterocycles. The van der Waals surface area contributed by atoms with Crippen molar-refractivity contribution >= 4 is 17.5 Å². The highest BCUT2D eigenvalue weighted by molar-refractivity contribution is 7.99. The van der Waals surface area contributed by atoms with E-state index >= 15 is 4.39 Å². The molecular weight excluding hydrogens is 439 g/mol. The zero-order valence-corrected chi connectivity index (χ0v) is 18.5. The normalized spacial score (nSPS) is 15.0. The number of carbonyl (C=O) groups excluding carboxylic acids is 1. The number of fused-ring (bicyclic) bond motifs is 1. The van der Waals surface area contributed by atoms with Crippen molar-refractivity contribution in [2.24, 2.45) is 0 Å². The molecule has 0 bridgehead atoms. The van der Waals surface area contributed by atoms with Gasteiger partial charge in [-0.15, -0.1) is 11.8 Å². The largest absolute Gasteiger partial charge is 0.494 e. The zero-order valence-electron chi connectivity index (χ0n) is 17.7. The van der Waals surface area contributed by atoms with Gasteiger partial charge < -0.3 is 4.74 Å². The van der Waals surface area contributed by atoms with E-state index in [9.17, 15) is 18.4 Å². The van der Waals surface area contributed by atoms with Crippen LogP contribution in [0.2, 0.25) is 0 Å². The van der Waals surface area contributed by atoms with Gasteiger partial charge in [0, 0.05) is 23.3 Å². The average Bonchev–Trinajstić information content (AvgIpc) is 3.20. The quantitative estimate of drug-likeness (QED) is 0.534. The highest BCUT2D eigenvalue weighted by Gasteiger charge is 2.34. The number of carbonyl (C=O) groups is 1. The van der Waals surface area contributed by atoms with Crippen LogP contribution in [-0.4, -0.2) is 23.2 Å². The minimum absolute atomic E-state index is 0.0107. The van der Waals surface area contributed by atoms with E-state index < -0.39 is 29.1 Å². The number of methoxy groups -OCH3 is 1. The van der Waals surface area contributed by atoms with Crippen LogP contribution in [-0.2, 0) is 11.2 Å². The van der Waals surface area contributed by atoms with Crippen LogP contribution >= 0.6 is 11.8 Å². The minimum atomic E-state index is -0.736. The van der Waals surface area contributed by atoms with Gasteiger partial charge in [-0.05, 0) is 43.2 Å². The third-order valence-corrected chi connectivity index (χ3v) is 6.96. The number of aromatic nitrogens is 1. The number of thioether (sulfide) groups is 1. The Kier molecular flexibility index (Phi) is 5.90. The summed E-state index contributed by atoms with van der Waals surface area (Å²) in [6.07, 6.45) is -0.143. The Morgan fingerprint density at radius 3 is 2.41 bits per heavy atom. The number of hydrogen-bond donors (Lipinski definition) is 0. The lowest BCUT2D eigenvalue weighted by molar-refractivity contribution is -0.119. The average molecular weight is 459 g/mol. The van der Waals surface area contributed by atoms with E-state index in [2.05, 4.69) is 0 Å². The molecule has 2 aromatic carbocycles. The van der Waals surface area contributed by atoms with Crippen LogP contribution < -0.4 is 10.3 Å². The first kappa shape index (κ1) is 22.2. The molecule has 0 saturated carbocycles. The molecule has 1 aliphatic heterocycles. The zero-order chi connectivity index (χ0) is 23.2. The molecule has 0 N–H and O–H groups in total. The number of halogens is 3. The van der Waals surface area contributed by atoms with Crippen molar-refractivity contribution in [1.29, 1.82) is 0 Å². The molecular formula is C24H20F3NO3S. The van der Waals surface area contributed by atoms with Gasteiger partial charge >= 0.3 is 0 Å². The summed E-state index contributed by atoms with van der Waals surface area (Å²) in [6.45, 7) is 3.01.